The van der Waals surface area contributed by atoms with Gasteiger partial charge in [0.05, 0.1) is 10.9 Å². The maximum atomic E-state index is 13.0. The largest absolute Gasteiger partial charge is 0.341 e. The minimum Gasteiger partial charge on any atom is -0.341 e. The average Bonchev–Trinajstić information content (AvgIpc) is 2.86. The maximum absolute atomic E-state index is 13.0. The van der Waals surface area contributed by atoms with E-state index in [-0.39, 0.29) is 23.5 Å². The molecule has 1 aromatic rings. The van der Waals surface area contributed by atoms with E-state index in [1.54, 1.807) is 6.20 Å². The summed E-state index contributed by atoms with van der Waals surface area (Å²) in [4.78, 5) is 36.3. The first kappa shape index (κ1) is 19.2. The summed E-state index contributed by atoms with van der Waals surface area (Å²) in [5, 5.41) is 0.486. The molecular formula is C19H28N4O2S. The van der Waals surface area contributed by atoms with Gasteiger partial charge in [-0.3, -0.25) is 9.59 Å². The summed E-state index contributed by atoms with van der Waals surface area (Å²) < 4.78 is 0. The number of nitrogens with zero attached hydrogens (tertiary/aromatic N) is 4. The highest BCUT2D eigenvalue weighted by Crippen LogP contribution is 2.39. The zero-order chi connectivity index (χ0) is 18.5. The van der Waals surface area contributed by atoms with Crippen molar-refractivity contribution in [2.24, 2.45) is 0 Å². The van der Waals surface area contributed by atoms with Crippen molar-refractivity contribution in [2.75, 3.05) is 44.7 Å². The molecule has 0 unspecified atom stereocenters. The Labute approximate surface area is 159 Å². The second-order valence-electron chi connectivity index (χ2n) is 7.02. The predicted molar refractivity (Wildman–Crippen MR) is 104 cm³/mol. The van der Waals surface area contributed by atoms with Gasteiger partial charge in [-0.1, -0.05) is 25.1 Å². The lowest BCUT2D eigenvalue weighted by molar-refractivity contribution is -0.132. The first-order valence-corrected chi connectivity index (χ1v) is 10.4. The van der Waals surface area contributed by atoms with Crippen molar-refractivity contribution in [3.05, 3.63) is 18.3 Å². The van der Waals surface area contributed by atoms with Gasteiger partial charge in [0.2, 0.25) is 11.8 Å². The fourth-order valence-corrected chi connectivity index (χ4v) is 4.56. The van der Waals surface area contributed by atoms with Crippen LogP contribution in [0.25, 0.3) is 0 Å². The Morgan fingerprint density at radius 2 is 2.15 bits per heavy atom. The van der Waals surface area contributed by atoms with Gasteiger partial charge in [0, 0.05) is 38.8 Å². The van der Waals surface area contributed by atoms with Crippen LogP contribution in [-0.4, -0.2) is 71.6 Å². The second-order valence-corrected chi connectivity index (χ2v) is 8.21. The molecule has 3 rings (SSSR count). The summed E-state index contributed by atoms with van der Waals surface area (Å²) >= 11 is 1.44. The number of carbonyl (C=O) groups is 2. The minimum atomic E-state index is -0.372. The Hall–Kier alpha value is -1.60. The number of unbranched alkanes of at least 4 members (excludes halogenated alkanes) is 1. The fourth-order valence-electron chi connectivity index (χ4n) is 3.42. The molecule has 7 heteroatoms. The molecule has 0 aromatic carbocycles. The van der Waals surface area contributed by atoms with Gasteiger partial charge in [0.15, 0.2) is 0 Å². The number of hydrogen-bond donors (Lipinski definition) is 0. The zero-order valence-corrected chi connectivity index (χ0v) is 16.5. The SMILES string of the molecule is CCCCN1C(=O)[C@@H](CC(=O)N2CCCN(C)CC2)Sc2ncccc21. The number of pyridine rings is 1. The third kappa shape index (κ3) is 4.38. The Bertz CT molecular complexity index is 654. The summed E-state index contributed by atoms with van der Waals surface area (Å²) in [6.07, 6.45) is 4.97. The van der Waals surface area contributed by atoms with Gasteiger partial charge in [0.1, 0.15) is 5.03 Å². The fraction of sp³-hybridized carbons (Fsp3) is 0.632. The van der Waals surface area contributed by atoms with Crippen LogP contribution in [0.3, 0.4) is 0 Å². The number of hydrogen-bond acceptors (Lipinski definition) is 5. The summed E-state index contributed by atoms with van der Waals surface area (Å²) in [7, 11) is 2.09. The molecule has 142 valence electrons. The monoisotopic (exact) mass is 376 g/mol. The van der Waals surface area contributed by atoms with E-state index < -0.39 is 0 Å². The molecule has 2 aliphatic heterocycles. The van der Waals surface area contributed by atoms with E-state index in [2.05, 4.69) is 23.9 Å². The van der Waals surface area contributed by atoms with Gasteiger partial charge in [-0.15, -0.1) is 0 Å². The molecule has 0 N–H and O–H groups in total. The molecule has 0 saturated carbocycles. The first-order chi connectivity index (χ1) is 12.6. The van der Waals surface area contributed by atoms with Gasteiger partial charge in [0.25, 0.3) is 0 Å². The number of anilines is 1. The first-order valence-electron chi connectivity index (χ1n) is 9.49. The van der Waals surface area contributed by atoms with Crippen molar-refractivity contribution >= 4 is 29.3 Å². The Kier molecular flexibility index (Phi) is 6.53. The van der Waals surface area contributed by atoms with Crippen LogP contribution in [0.15, 0.2) is 23.4 Å². The van der Waals surface area contributed by atoms with Gasteiger partial charge >= 0.3 is 0 Å². The molecule has 2 aliphatic rings. The number of likely N-dealkylation sites (N-methyl/N-ethyl adjacent to an activating group) is 1. The van der Waals surface area contributed by atoms with Crippen molar-refractivity contribution in [3.8, 4) is 0 Å². The molecule has 0 radical (unpaired) electrons. The van der Waals surface area contributed by atoms with Gasteiger partial charge < -0.3 is 14.7 Å². The van der Waals surface area contributed by atoms with Crippen molar-refractivity contribution in [1.29, 1.82) is 0 Å². The molecule has 1 aromatic heterocycles. The molecule has 3 heterocycles. The van der Waals surface area contributed by atoms with Crippen LogP contribution < -0.4 is 4.90 Å². The lowest BCUT2D eigenvalue weighted by Gasteiger charge is -2.33. The number of rotatable bonds is 5. The summed E-state index contributed by atoms with van der Waals surface area (Å²) in [5.41, 5.74) is 0.885. The van der Waals surface area contributed by atoms with E-state index in [0.29, 0.717) is 6.54 Å². The van der Waals surface area contributed by atoms with Crippen LogP contribution in [0, 0.1) is 0 Å². The van der Waals surface area contributed by atoms with Crippen LogP contribution in [0.4, 0.5) is 5.69 Å². The molecule has 6 nitrogen and oxygen atoms in total. The number of fused-ring (bicyclic) bond motifs is 1. The number of amides is 2. The van der Waals surface area contributed by atoms with Crippen LogP contribution in [0.5, 0.6) is 0 Å². The van der Waals surface area contributed by atoms with E-state index in [1.165, 1.54) is 11.8 Å². The quantitative estimate of drug-likeness (QED) is 0.789. The Morgan fingerprint density at radius 3 is 2.96 bits per heavy atom. The minimum absolute atomic E-state index is 0.0456. The van der Waals surface area contributed by atoms with Crippen molar-refractivity contribution < 1.29 is 9.59 Å². The van der Waals surface area contributed by atoms with Crippen molar-refractivity contribution in [1.82, 2.24) is 14.8 Å². The van der Waals surface area contributed by atoms with Crippen molar-refractivity contribution in [3.63, 3.8) is 0 Å². The number of aromatic nitrogens is 1. The van der Waals surface area contributed by atoms with Crippen LogP contribution in [-0.2, 0) is 9.59 Å². The van der Waals surface area contributed by atoms with E-state index in [9.17, 15) is 9.59 Å². The normalized spacial score (nSPS) is 21.5. The highest BCUT2D eigenvalue weighted by molar-refractivity contribution is 8.00. The Balaban J connectivity index is 1.71. The average molecular weight is 377 g/mol. The van der Waals surface area contributed by atoms with E-state index in [4.69, 9.17) is 0 Å². The molecule has 26 heavy (non-hydrogen) atoms. The van der Waals surface area contributed by atoms with Crippen molar-refractivity contribution in [2.45, 2.75) is 42.9 Å². The molecule has 1 fully saturated rings. The predicted octanol–water partition coefficient (Wildman–Crippen LogP) is 2.24. The van der Waals surface area contributed by atoms with Gasteiger partial charge in [-0.05, 0) is 38.6 Å². The van der Waals surface area contributed by atoms with Crippen LogP contribution in [0.2, 0.25) is 0 Å². The van der Waals surface area contributed by atoms with Gasteiger partial charge in [-0.2, -0.15) is 0 Å². The van der Waals surface area contributed by atoms with E-state index in [0.717, 1.165) is 56.2 Å². The summed E-state index contributed by atoms with van der Waals surface area (Å²) in [5.74, 6) is 0.130. The number of carbonyl (C=O) groups excluding carboxylic acids is 2. The molecule has 1 saturated heterocycles. The number of thioether (sulfide) groups is 1. The lowest BCUT2D eigenvalue weighted by atomic mass is 10.2. The highest BCUT2D eigenvalue weighted by Gasteiger charge is 2.36. The van der Waals surface area contributed by atoms with Crippen LogP contribution in [0.1, 0.15) is 32.6 Å². The highest BCUT2D eigenvalue weighted by atomic mass is 32.2. The third-order valence-electron chi connectivity index (χ3n) is 5.00. The second kappa shape index (κ2) is 8.86. The maximum Gasteiger partial charge on any atom is 0.241 e. The summed E-state index contributed by atoms with van der Waals surface area (Å²) in [6.45, 7) is 6.24. The van der Waals surface area contributed by atoms with Gasteiger partial charge in [-0.25, -0.2) is 4.98 Å². The molecule has 0 aliphatic carbocycles. The molecule has 1 atom stereocenters. The molecule has 0 bridgehead atoms. The molecular weight excluding hydrogens is 348 g/mol. The van der Waals surface area contributed by atoms with Crippen LogP contribution >= 0.6 is 11.8 Å². The lowest BCUT2D eigenvalue weighted by Crippen LogP contribution is -2.44. The zero-order valence-electron chi connectivity index (χ0n) is 15.7. The standard InChI is InChI=1S/C19H28N4O2S/c1-3-4-11-23-15-7-5-8-20-18(15)26-16(19(23)25)14-17(24)22-10-6-9-21(2)12-13-22/h5,7-8,16H,3-4,6,9-14H2,1-2H3/t16-/m1/s1. The smallest absolute Gasteiger partial charge is 0.241 e. The molecule has 2 amide bonds. The summed E-state index contributed by atoms with van der Waals surface area (Å²) in [6, 6.07) is 3.82. The Morgan fingerprint density at radius 1 is 1.31 bits per heavy atom. The molecule has 0 spiro atoms. The third-order valence-corrected chi connectivity index (χ3v) is 6.20. The van der Waals surface area contributed by atoms with E-state index >= 15 is 0 Å². The topological polar surface area (TPSA) is 56.8 Å². The van der Waals surface area contributed by atoms with E-state index in [1.807, 2.05) is 21.9 Å².